The summed E-state index contributed by atoms with van der Waals surface area (Å²) in [6.45, 7) is 0. The number of carboxylic acid groups (broad SMARTS) is 1. The van der Waals surface area contributed by atoms with E-state index in [0.717, 1.165) is 6.20 Å². The van der Waals surface area contributed by atoms with Crippen LogP contribution in [0.25, 0.3) is 11.3 Å². The molecule has 0 spiro atoms. The highest BCUT2D eigenvalue weighted by atomic mass is 16.5. The van der Waals surface area contributed by atoms with Crippen molar-refractivity contribution in [3.8, 4) is 22.8 Å². The first kappa shape index (κ1) is 11.0. The van der Waals surface area contributed by atoms with Crippen molar-refractivity contribution in [3.05, 3.63) is 30.0 Å². The molecule has 1 aromatic carbocycles. The van der Waals surface area contributed by atoms with Crippen LogP contribution in [0.3, 0.4) is 0 Å². The van der Waals surface area contributed by atoms with Gasteiger partial charge in [-0.3, -0.25) is 0 Å². The zero-order valence-electron chi connectivity index (χ0n) is 8.88. The summed E-state index contributed by atoms with van der Waals surface area (Å²) in [6, 6.07) is 4.44. The number of benzene rings is 1. The molecule has 0 amide bonds. The highest BCUT2D eigenvalue weighted by Crippen LogP contribution is 2.32. The standard InChI is InChI=1S/C11H9NO5/c1-16-9-3-2-6(4-8(9)13)10-7(11(14)15)5-12-17-10/h2-5,13H,1H3,(H,14,15). The Morgan fingerprint density at radius 2 is 2.24 bits per heavy atom. The average Bonchev–Trinajstić information content (AvgIpc) is 2.77. The van der Waals surface area contributed by atoms with E-state index in [2.05, 4.69) is 5.16 Å². The minimum absolute atomic E-state index is 0.0606. The molecule has 0 radical (unpaired) electrons. The molecule has 0 saturated heterocycles. The summed E-state index contributed by atoms with van der Waals surface area (Å²) in [4.78, 5) is 10.9. The molecule has 2 aromatic rings. The molecule has 0 aliphatic heterocycles. The quantitative estimate of drug-likeness (QED) is 0.841. The molecule has 6 nitrogen and oxygen atoms in total. The smallest absolute Gasteiger partial charge is 0.341 e. The minimum Gasteiger partial charge on any atom is -0.504 e. The first-order valence-electron chi connectivity index (χ1n) is 4.69. The van der Waals surface area contributed by atoms with E-state index in [1.54, 1.807) is 6.07 Å². The fraction of sp³-hybridized carbons (Fsp3) is 0.0909. The van der Waals surface area contributed by atoms with Crippen LogP contribution in [0.15, 0.2) is 28.9 Å². The van der Waals surface area contributed by atoms with E-state index >= 15 is 0 Å². The molecule has 0 aliphatic carbocycles. The molecule has 0 unspecified atom stereocenters. The highest BCUT2D eigenvalue weighted by molar-refractivity contribution is 5.94. The van der Waals surface area contributed by atoms with Gasteiger partial charge in [-0.05, 0) is 18.2 Å². The van der Waals surface area contributed by atoms with E-state index in [1.165, 1.54) is 19.2 Å². The van der Waals surface area contributed by atoms with Gasteiger partial charge < -0.3 is 19.5 Å². The van der Waals surface area contributed by atoms with Gasteiger partial charge in [-0.15, -0.1) is 0 Å². The molecule has 6 heteroatoms. The molecule has 2 rings (SSSR count). The van der Waals surface area contributed by atoms with Gasteiger partial charge in [0.15, 0.2) is 17.3 Å². The van der Waals surface area contributed by atoms with Crippen molar-refractivity contribution in [1.82, 2.24) is 5.16 Å². The third-order valence-electron chi connectivity index (χ3n) is 2.24. The van der Waals surface area contributed by atoms with E-state index in [-0.39, 0.29) is 17.1 Å². The lowest BCUT2D eigenvalue weighted by molar-refractivity contribution is 0.0697. The molecule has 17 heavy (non-hydrogen) atoms. The second-order valence-electron chi connectivity index (χ2n) is 3.26. The minimum atomic E-state index is -1.14. The van der Waals surface area contributed by atoms with Crippen LogP contribution >= 0.6 is 0 Å². The largest absolute Gasteiger partial charge is 0.504 e. The first-order chi connectivity index (χ1) is 8.13. The van der Waals surface area contributed by atoms with Crippen molar-refractivity contribution in [2.75, 3.05) is 7.11 Å². The van der Waals surface area contributed by atoms with Gasteiger partial charge in [0.05, 0.1) is 13.3 Å². The number of rotatable bonds is 3. The number of phenolic OH excluding ortho intramolecular Hbond substituents is 1. The number of aromatic carboxylic acids is 1. The van der Waals surface area contributed by atoms with Gasteiger partial charge in [-0.2, -0.15) is 0 Å². The van der Waals surface area contributed by atoms with Crippen LogP contribution in [-0.2, 0) is 0 Å². The molecule has 0 bridgehead atoms. The number of phenols is 1. The maximum absolute atomic E-state index is 10.9. The van der Waals surface area contributed by atoms with Gasteiger partial charge in [0.25, 0.3) is 0 Å². The Labute approximate surface area is 96.0 Å². The lowest BCUT2D eigenvalue weighted by Crippen LogP contribution is -1.96. The molecule has 0 fully saturated rings. The number of hydrogen-bond acceptors (Lipinski definition) is 5. The van der Waals surface area contributed by atoms with Gasteiger partial charge in [0, 0.05) is 5.56 Å². The molecule has 88 valence electrons. The fourth-order valence-corrected chi connectivity index (χ4v) is 1.43. The van der Waals surface area contributed by atoms with E-state index in [4.69, 9.17) is 14.4 Å². The Hall–Kier alpha value is -2.50. The summed E-state index contributed by atoms with van der Waals surface area (Å²) in [5.74, 6) is -0.852. The van der Waals surface area contributed by atoms with E-state index in [9.17, 15) is 9.90 Å². The van der Waals surface area contributed by atoms with Crippen molar-refractivity contribution in [1.29, 1.82) is 0 Å². The number of ether oxygens (including phenoxy) is 1. The molecule has 1 heterocycles. The normalized spacial score (nSPS) is 10.2. The molecule has 2 N–H and O–H groups in total. The summed E-state index contributed by atoms with van der Waals surface area (Å²) in [7, 11) is 1.42. The number of aromatic nitrogens is 1. The fourth-order valence-electron chi connectivity index (χ4n) is 1.43. The first-order valence-corrected chi connectivity index (χ1v) is 4.69. The summed E-state index contributed by atoms with van der Waals surface area (Å²) < 4.78 is 9.74. The Morgan fingerprint density at radius 3 is 2.82 bits per heavy atom. The number of methoxy groups -OCH3 is 1. The zero-order chi connectivity index (χ0) is 12.4. The van der Waals surface area contributed by atoms with E-state index in [0.29, 0.717) is 11.3 Å². The van der Waals surface area contributed by atoms with Crippen molar-refractivity contribution in [3.63, 3.8) is 0 Å². The summed E-state index contributed by atoms with van der Waals surface area (Å²) in [6.07, 6.45) is 1.11. The molecule has 0 saturated carbocycles. The third-order valence-corrected chi connectivity index (χ3v) is 2.24. The third kappa shape index (κ3) is 1.92. The Bertz CT molecular complexity index is 561. The second kappa shape index (κ2) is 4.17. The summed E-state index contributed by atoms with van der Waals surface area (Å²) in [5.41, 5.74) is 0.354. The maximum Gasteiger partial charge on any atom is 0.341 e. The Kier molecular flexibility index (Phi) is 2.70. The van der Waals surface area contributed by atoms with Crippen LogP contribution in [0, 0.1) is 0 Å². The second-order valence-corrected chi connectivity index (χ2v) is 3.26. The lowest BCUT2D eigenvalue weighted by atomic mass is 10.1. The number of carbonyl (C=O) groups is 1. The van der Waals surface area contributed by atoms with Gasteiger partial charge in [0.1, 0.15) is 5.56 Å². The monoisotopic (exact) mass is 235 g/mol. The predicted molar refractivity (Wildman–Crippen MR) is 57.1 cm³/mol. The summed E-state index contributed by atoms with van der Waals surface area (Å²) >= 11 is 0. The molecule has 0 atom stereocenters. The molecule has 1 aromatic heterocycles. The van der Waals surface area contributed by atoms with Gasteiger partial charge >= 0.3 is 5.97 Å². The summed E-state index contributed by atoms with van der Waals surface area (Å²) in [5, 5.41) is 21.9. The Balaban J connectivity index is 2.50. The van der Waals surface area contributed by atoms with Crippen LogP contribution in [0.2, 0.25) is 0 Å². The van der Waals surface area contributed by atoms with Crippen LogP contribution in [-0.4, -0.2) is 28.4 Å². The average molecular weight is 235 g/mol. The Morgan fingerprint density at radius 1 is 1.47 bits per heavy atom. The van der Waals surface area contributed by atoms with Gasteiger partial charge in [-0.1, -0.05) is 5.16 Å². The van der Waals surface area contributed by atoms with E-state index in [1.807, 2.05) is 0 Å². The van der Waals surface area contributed by atoms with Gasteiger partial charge in [-0.25, -0.2) is 4.79 Å². The van der Waals surface area contributed by atoms with Crippen molar-refractivity contribution < 1.29 is 24.3 Å². The van der Waals surface area contributed by atoms with Crippen molar-refractivity contribution in [2.24, 2.45) is 0 Å². The van der Waals surface area contributed by atoms with Gasteiger partial charge in [0.2, 0.25) is 0 Å². The number of hydrogen-bond donors (Lipinski definition) is 2. The van der Waals surface area contributed by atoms with Crippen LogP contribution in [0.5, 0.6) is 11.5 Å². The van der Waals surface area contributed by atoms with Crippen LogP contribution in [0.1, 0.15) is 10.4 Å². The van der Waals surface area contributed by atoms with Crippen molar-refractivity contribution >= 4 is 5.97 Å². The molecule has 0 aliphatic rings. The number of nitrogens with zero attached hydrogens (tertiary/aromatic N) is 1. The number of carboxylic acids is 1. The van der Waals surface area contributed by atoms with E-state index < -0.39 is 5.97 Å². The zero-order valence-corrected chi connectivity index (χ0v) is 8.88. The maximum atomic E-state index is 10.9. The highest BCUT2D eigenvalue weighted by Gasteiger charge is 2.17. The molecular weight excluding hydrogens is 226 g/mol. The number of aromatic hydroxyl groups is 1. The van der Waals surface area contributed by atoms with Crippen molar-refractivity contribution in [2.45, 2.75) is 0 Å². The molecular formula is C11H9NO5. The lowest BCUT2D eigenvalue weighted by Gasteiger charge is -2.04. The van der Waals surface area contributed by atoms with Crippen LogP contribution in [0.4, 0.5) is 0 Å². The topological polar surface area (TPSA) is 92.8 Å². The SMILES string of the molecule is COc1ccc(-c2oncc2C(=O)O)cc1O. The van der Waals surface area contributed by atoms with Crippen LogP contribution < -0.4 is 4.74 Å². The predicted octanol–water partition coefficient (Wildman–Crippen LogP) is 1.75.